The number of hydrogen-bond acceptors (Lipinski definition) is 3. The average molecular weight is 235 g/mol. The molecule has 0 aliphatic carbocycles. The van der Waals surface area contributed by atoms with Crippen LogP contribution < -0.4 is 11.1 Å². The molecule has 1 aromatic rings. The zero-order valence-electron chi connectivity index (χ0n) is 11.3. The SMILES string of the molecule is CCCCC(CCC)Nc1cc(N)c(C)cn1. The van der Waals surface area contributed by atoms with E-state index >= 15 is 0 Å². The molecule has 96 valence electrons. The van der Waals surface area contributed by atoms with Crippen molar-refractivity contribution in [2.75, 3.05) is 11.1 Å². The first-order valence-corrected chi connectivity index (χ1v) is 6.66. The second-order valence-corrected chi connectivity index (χ2v) is 4.70. The molecular weight excluding hydrogens is 210 g/mol. The van der Waals surface area contributed by atoms with Crippen molar-refractivity contribution in [1.82, 2.24) is 4.98 Å². The molecule has 0 radical (unpaired) electrons. The second kappa shape index (κ2) is 7.15. The fraction of sp³-hybridized carbons (Fsp3) is 0.643. The minimum Gasteiger partial charge on any atom is -0.398 e. The van der Waals surface area contributed by atoms with E-state index in [9.17, 15) is 0 Å². The van der Waals surface area contributed by atoms with E-state index in [0.29, 0.717) is 6.04 Å². The van der Waals surface area contributed by atoms with E-state index in [0.717, 1.165) is 17.1 Å². The molecule has 0 spiro atoms. The van der Waals surface area contributed by atoms with Gasteiger partial charge in [0.15, 0.2) is 0 Å². The van der Waals surface area contributed by atoms with Crippen LogP contribution in [0.1, 0.15) is 51.5 Å². The molecule has 0 aliphatic rings. The molecule has 0 fully saturated rings. The van der Waals surface area contributed by atoms with Crippen LogP contribution in [0.2, 0.25) is 0 Å². The lowest BCUT2D eigenvalue weighted by Gasteiger charge is -2.18. The van der Waals surface area contributed by atoms with E-state index < -0.39 is 0 Å². The van der Waals surface area contributed by atoms with Crippen LogP contribution in [0.4, 0.5) is 11.5 Å². The summed E-state index contributed by atoms with van der Waals surface area (Å²) in [5, 5.41) is 3.49. The predicted octanol–water partition coefficient (Wildman–Crippen LogP) is 3.74. The lowest BCUT2D eigenvalue weighted by atomic mass is 10.1. The predicted molar refractivity (Wildman–Crippen MR) is 75.2 cm³/mol. The van der Waals surface area contributed by atoms with Crippen molar-refractivity contribution >= 4 is 11.5 Å². The third-order valence-corrected chi connectivity index (χ3v) is 3.04. The number of unbranched alkanes of at least 4 members (excludes halogenated alkanes) is 1. The van der Waals surface area contributed by atoms with Gasteiger partial charge in [0.25, 0.3) is 0 Å². The first-order chi connectivity index (χ1) is 8.17. The molecule has 1 rings (SSSR count). The number of anilines is 2. The maximum Gasteiger partial charge on any atom is 0.128 e. The summed E-state index contributed by atoms with van der Waals surface area (Å²) >= 11 is 0. The van der Waals surface area contributed by atoms with Crippen LogP contribution in [-0.2, 0) is 0 Å². The number of nitrogen functional groups attached to an aromatic ring is 1. The number of pyridine rings is 1. The van der Waals surface area contributed by atoms with Crippen LogP contribution >= 0.6 is 0 Å². The van der Waals surface area contributed by atoms with Gasteiger partial charge in [-0.05, 0) is 25.3 Å². The van der Waals surface area contributed by atoms with Crippen LogP contribution in [0.15, 0.2) is 12.3 Å². The van der Waals surface area contributed by atoms with Gasteiger partial charge in [0.05, 0.1) is 0 Å². The highest BCUT2D eigenvalue weighted by molar-refractivity contribution is 5.53. The van der Waals surface area contributed by atoms with Crippen molar-refractivity contribution in [3.05, 3.63) is 17.8 Å². The first kappa shape index (κ1) is 13.8. The largest absolute Gasteiger partial charge is 0.398 e. The summed E-state index contributed by atoms with van der Waals surface area (Å²) in [6.07, 6.45) is 7.93. The Bertz CT molecular complexity index is 336. The highest BCUT2D eigenvalue weighted by Gasteiger charge is 2.08. The summed E-state index contributed by atoms with van der Waals surface area (Å²) in [5.41, 5.74) is 7.74. The highest BCUT2D eigenvalue weighted by atomic mass is 15.0. The molecule has 3 nitrogen and oxygen atoms in total. The van der Waals surface area contributed by atoms with E-state index in [1.807, 2.05) is 19.2 Å². The van der Waals surface area contributed by atoms with E-state index in [-0.39, 0.29) is 0 Å². The number of nitrogens with two attached hydrogens (primary N) is 1. The Balaban J connectivity index is 2.61. The Hall–Kier alpha value is -1.25. The molecule has 3 N–H and O–H groups in total. The van der Waals surface area contributed by atoms with Gasteiger partial charge in [-0.1, -0.05) is 33.1 Å². The summed E-state index contributed by atoms with van der Waals surface area (Å²) in [7, 11) is 0. The molecule has 1 heterocycles. The van der Waals surface area contributed by atoms with Crippen LogP contribution in [0.5, 0.6) is 0 Å². The summed E-state index contributed by atoms with van der Waals surface area (Å²) < 4.78 is 0. The highest BCUT2D eigenvalue weighted by Crippen LogP contribution is 2.17. The number of nitrogens with zero attached hydrogens (tertiary/aromatic N) is 1. The minimum atomic E-state index is 0.523. The molecule has 0 amide bonds. The van der Waals surface area contributed by atoms with E-state index in [1.165, 1.54) is 32.1 Å². The zero-order chi connectivity index (χ0) is 12.7. The van der Waals surface area contributed by atoms with Gasteiger partial charge in [-0.2, -0.15) is 0 Å². The van der Waals surface area contributed by atoms with E-state index in [4.69, 9.17) is 5.73 Å². The Morgan fingerprint density at radius 1 is 1.29 bits per heavy atom. The van der Waals surface area contributed by atoms with Crippen LogP contribution in [0.25, 0.3) is 0 Å². The standard InChI is InChI=1S/C14H25N3/c1-4-6-8-12(7-5-2)17-14-9-13(15)11(3)10-16-14/h9-10,12H,4-8H2,1-3H3,(H3,15,16,17). The average Bonchev–Trinajstić information content (AvgIpc) is 2.31. The third kappa shape index (κ3) is 4.63. The molecule has 0 saturated carbocycles. The summed E-state index contributed by atoms with van der Waals surface area (Å²) in [6, 6.07) is 2.46. The van der Waals surface area contributed by atoms with Crippen molar-refractivity contribution in [1.29, 1.82) is 0 Å². The van der Waals surface area contributed by atoms with E-state index in [1.54, 1.807) is 0 Å². The van der Waals surface area contributed by atoms with Gasteiger partial charge in [0, 0.05) is 24.0 Å². The molecule has 3 heteroatoms. The summed E-state index contributed by atoms with van der Waals surface area (Å²) in [6.45, 7) is 6.43. The second-order valence-electron chi connectivity index (χ2n) is 4.70. The van der Waals surface area contributed by atoms with Gasteiger partial charge in [-0.25, -0.2) is 4.98 Å². The third-order valence-electron chi connectivity index (χ3n) is 3.04. The monoisotopic (exact) mass is 235 g/mol. The normalized spacial score (nSPS) is 12.4. The molecule has 0 bridgehead atoms. The number of rotatable bonds is 7. The molecule has 0 aromatic carbocycles. The Morgan fingerprint density at radius 2 is 2.06 bits per heavy atom. The fourth-order valence-corrected chi connectivity index (χ4v) is 1.92. The Kier molecular flexibility index (Phi) is 5.81. The minimum absolute atomic E-state index is 0.523. The summed E-state index contributed by atoms with van der Waals surface area (Å²) in [5.74, 6) is 0.905. The molecule has 1 aromatic heterocycles. The first-order valence-electron chi connectivity index (χ1n) is 6.66. The van der Waals surface area contributed by atoms with Crippen molar-refractivity contribution in [3.63, 3.8) is 0 Å². The van der Waals surface area contributed by atoms with Gasteiger partial charge < -0.3 is 11.1 Å². The summed E-state index contributed by atoms with van der Waals surface area (Å²) in [4.78, 5) is 4.38. The van der Waals surface area contributed by atoms with Gasteiger partial charge >= 0.3 is 0 Å². The number of hydrogen-bond donors (Lipinski definition) is 2. The molecule has 17 heavy (non-hydrogen) atoms. The van der Waals surface area contributed by atoms with E-state index in [2.05, 4.69) is 24.1 Å². The van der Waals surface area contributed by atoms with Crippen LogP contribution in [0.3, 0.4) is 0 Å². The van der Waals surface area contributed by atoms with Crippen LogP contribution in [0, 0.1) is 6.92 Å². The number of nitrogens with one attached hydrogen (secondary N) is 1. The molecule has 0 aliphatic heterocycles. The van der Waals surface area contributed by atoms with Gasteiger partial charge in [0.1, 0.15) is 5.82 Å². The quantitative estimate of drug-likeness (QED) is 0.757. The van der Waals surface area contributed by atoms with Gasteiger partial charge in [0.2, 0.25) is 0 Å². The maximum absolute atomic E-state index is 5.89. The lowest BCUT2D eigenvalue weighted by molar-refractivity contribution is 0.563. The molecule has 1 atom stereocenters. The Labute approximate surface area is 105 Å². The number of aryl methyl sites for hydroxylation is 1. The maximum atomic E-state index is 5.89. The zero-order valence-corrected chi connectivity index (χ0v) is 11.3. The molecule has 1 unspecified atom stereocenters. The van der Waals surface area contributed by atoms with Crippen LogP contribution in [-0.4, -0.2) is 11.0 Å². The van der Waals surface area contributed by atoms with Crippen molar-refractivity contribution in [3.8, 4) is 0 Å². The van der Waals surface area contributed by atoms with Gasteiger partial charge in [-0.3, -0.25) is 0 Å². The lowest BCUT2D eigenvalue weighted by Crippen LogP contribution is -2.20. The smallest absolute Gasteiger partial charge is 0.128 e. The van der Waals surface area contributed by atoms with Crippen molar-refractivity contribution in [2.45, 2.75) is 58.9 Å². The fourth-order valence-electron chi connectivity index (χ4n) is 1.92. The Morgan fingerprint density at radius 3 is 2.65 bits per heavy atom. The van der Waals surface area contributed by atoms with Gasteiger partial charge in [-0.15, -0.1) is 0 Å². The topological polar surface area (TPSA) is 50.9 Å². The molecular formula is C14H25N3. The number of aromatic nitrogens is 1. The van der Waals surface area contributed by atoms with Crippen molar-refractivity contribution < 1.29 is 0 Å². The van der Waals surface area contributed by atoms with Crippen molar-refractivity contribution in [2.24, 2.45) is 0 Å². The molecule has 0 saturated heterocycles.